The van der Waals surface area contributed by atoms with Crippen LogP contribution in [0.15, 0.2) is 24.3 Å². The second-order valence-corrected chi connectivity index (χ2v) is 8.77. The molecule has 0 aromatic heterocycles. The monoisotopic (exact) mass is 430 g/mol. The first-order valence-electron chi connectivity index (χ1n) is 10.7. The van der Waals surface area contributed by atoms with Crippen molar-refractivity contribution in [3.05, 3.63) is 35.1 Å². The van der Waals surface area contributed by atoms with Crippen molar-refractivity contribution in [1.82, 2.24) is 0 Å². The number of halogens is 4. The molecule has 2 saturated carbocycles. The molecule has 3 rings (SSSR count). The lowest BCUT2D eigenvalue weighted by Gasteiger charge is -2.37. The zero-order valence-electron chi connectivity index (χ0n) is 16.9. The molecule has 2 aliphatic carbocycles. The molecule has 1 aromatic carbocycles. The lowest BCUT2D eigenvalue weighted by atomic mass is 9.69. The number of hydrogen-bond acceptors (Lipinski definition) is 2. The molecule has 0 radical (unpaired) electrons. The summed E-state index contributed by atoms with van der Waals surface area (Å²) in [5.41, 5.74) is 0. The topological polar surface area (TPSA) is 18.5 Å². The third-order valence-electron chi connectivity index (χ3n) is 6.53. The summed E-state index contributed by atoms with van der Waals surface area (Å²) in [4.78, 5) is 0. The molecule has 2 aliphatic rings. The highest BCUT2D eigenvalue weighted by Gasteiger charge is 2.31. The molecule has 0 N–H and O–H groups in total. The standard InChI is InChI=1S/C23H30ClF3O2/c1-2-3-15-4-8-17(9-5-15)18-10-6-16(7-11-18)14-28-22-20(29-23(26)27)13-12-19(24)21(22)25/h2-3,12-13,15-18,23H,4-11,14H2,1H3/b3-2+. The van der Waals surface area contributed by atoms with Gasteiger partial charge in [0.2, 0.25) is 0 Å². The Bertz CT molecular complexity index is 679. The fourth-order valence-corrected chi connectivity index (χ4v) is 5.09. The zero-order chi connectivity index (χ0) is 20.8. The van der Waals surface area contributed by atoms with Gasteiger partial charge in [-0.15, -0.1) is 0 Å². The van der Waals surface area contributed by atoms with Gasteiger partial charge < -0.3 is 9.47 Å². The van der Waals surface area contributed by atoms with Gasteiger partial charge in [0, 0.05) is 0 Å². The second-order valence-electron chi connectivity index (χ2n) is 8.36. The highest BCUT2D eigenvalue weighted by Crippen LogP contribution is 2.42. The molecular formula is C23H30ClF3O2. The van der Waals surface area contributed by atoms with Crippen molar-refractivity contribution >= 4 is 11.6 Å². The van der Waals surface area contributed by atoms with E-state index in [1.54, 1.807) is 0 Å². The average molecular weight is 431 g/mol. The molecule has 2 nitrogen and oxygen atoms in total. The van der Waals surface area contributed by atoms with E-state index >= 15 is 0 Å². The third kappa shape index (κ3) is 6.07. The summed E-state index contributed by atoms with van der Waals surface area (Å²) in [6.07, 6.45) is 14.1. The van der Waals surface area contributed by atoms with Crippen molar-refractivity contribution in [3.8, 4) is 11.5 Å². The van der Waals surface area contributed by atoms with E-state index in [2.05, 4.69) is 23.8 Å². The molecule has 0 heterocycles. The van der Waals surface area contributed by atoms with E-state index < -0.39 is 12.4 Å². The van der Waals surface area contributed by atoms with Crippen molar-refractivity contribution in [1.29, 1.82) is 0 Å². The van der Waals surface area contributed by atoms with E-state index in [-0.39, 0.29) is 23.1 Å². The molecule has 162 valence electrons. The molecule has 0 saturated heterocycles. The van der Waals surface area contributed by atoms with Gasteiger partial charge in [-0.1, -0.05) is 23.8 Å². The fourth-order valence-electron chi connectivity index (χ4n) is 4.95. The van der Waals surface area contributed by atoms with Gasteiger partial charge in [-0.3, -0.25) is 0 Å². The van der Waals surface area contributed by atoms with Crippen LogP contribution in [-0.4, -0.2) is 13.2 Å². The van der Waals surface area contributed by atoms with Gasteiger partial charge in [0.25, 0.3) is 0 Å². The highest BCUT2D eigenvalue weighted by molar-refractivity contribution is 6.30. The Morgan fingerprint density at radius 1 is 1.03 bits per heavy atom. The molecule has 0 amide bonds. The summed E-state index contributed by atoms with van der Waals surface area (Å²) < 4.78 is 49.4. The molecule has 0 bridgehead atoms. The molecule has 0 spiro atoms. The van der Waals surface area contributed by atoms with Crippen LogP contribution in [-0.2, 0) is 0 Å². The molecule has 2 fully saturated rings. The Labute approximate surface area is 176 Å². The number of ether oxygens (including phenoxy) is 2. The largest absolute Gasteiger partial charge is 0.487 e. The number of alkyl halides is 2. The lowest BCUT2D eigenvalue weighted by Crippen LogP contribution is -2.27. The van der Waals surface area contributed by atoms with Crippen molar-refractivity contribution in [3.63, 3.8) is 0 Å². The first kappa shape index (κ1) is 22.3. The van der Waals surface area contributed by atoms with Crippen LogP contribution in [0.3, 0.4) is 0 Å². The quantitative estimate of drug-likeness (QED) is 0.413. The number of allylic oxidation sites excluding steroid dienone is 2. The van der Waals surface area contributed by atoms with Crippen molar-refractivity contribution in [2.24, 2.45) is 23.7 Å². The second kappa shape index (κ2) is 10.6. The normalized spacial score (nSPS) is 28.1. The van der Waals surface area contributed by atoms with Crippen LogP contribution in [0.2, 0.25) is 5.02 Å². The minimum Gasteiger partial charge on any atom is -0.487 e. The van der Waals surface area contributed by atoms with Crippen molar-refractivity contribution in [2.45, 2.75) is 64.9 Å². The minimum absolute atomic E-state index is 0.168. The Morgan fingerprint density at radius 2 is 1.66 bits per heavy atom. The van der Waals surface area contributed by atoms with E-state index in [0.29, 0.717) is 5.92 Å². The van der Waals surface area contributed by atoms with Crippen molar-refractivity contribution in [2.75, 3.05) is 6.61 Å². The van der Waals surface area contributed by atoms with Gasteiger partial charge in [0.15, 0.2) is 17.3 Å². The zero-order valence-corrected chi connectivity index (χ0v) is 17.6. The molecule has 29 heavy (non-hydrogen) atoms. The van der Waals surface area contributed by atoms with Gasteiger partial charge in [0.1, 0.15) is 0 Å². The maximum absolute atomic E-state index is 14.3. The van der Waals surface area contributed by atoms with Gasteiger partial charge in [0.05, 0.1) is 11.6 Å². The maximum atomic E-state index is 14.3. The molecule has 0 unspecified atom stereocenters. The maximum Gasteiger partial charge on any atom is 0.387 e. The minimum atomic E-state index is -3.05. The van der Waals surface area contributed by atoms with Crippen LogP contribution in [0.25, 0.3) is 0 Å². The first-order chi connectivity index (χ1) is 14.0. The van der Waals surface area contributed by atoms with Crippen molar-refractivity contribution < 1.29 is 22.6 Å². The third-order valence-corrected chi connectivity index (χ3v) is 6.82. The van der Waals surface area contributed by atoms with Gasteiger partial charge in [-0.05, 0) is 94.1 Å². The van der Waals surface area contributed by atoms with E-state index in [9.17, 15) is 13.2 Å². The number of benzene rings is 1. The van der Waals surface area contributed by atoms with E-state index in [1.807, 2.05) is 0 Å². The summed E-state index contributed by atoms with van der Waals surface area (Å²) in [6.45, 7) is -0.665. The van der Waals surface area contributed by atoms with E-state index in [0.717, 1.165) is 43.4 Å². The summed E-state index contributed by atoms with van der Waals surface area (Å²) in [5.74, 6) is 1.14. The molecule has 0 atom stereocenters. The molecular weight excluding hydrogens is 401 g/mol. The average Bonchev–Trinajstić information content (AvgIpc) is 2.71. The van der Waals surface area contributed by atoms with Gasteiger partial charge in [-0.25, -0.2) is 4.39 Å². The SMILES string of the molecule is C/C=C/C1CCC(C2CCC(COc3c(OC(F)F)ccc(Cl)c3F)CC2)CC1. The summed E-state index contributed by atoms with van der Waals surface area (Å²) in [6, 6.07) is 2.41. The molecule has 1 aromatic rings. The van der Waals surface area contributed by atoms with Crippen LogP contribution in [0.4, 0.5) is 13.2 Å². The van der Waals surface area contributed by atoms with E-state index in [4.69, 9.17) is 16.3 Å². The summed E-state index contributed by atoms with van der Waals surface area (Å²) in [5, 5.41) is -0.168. The van der Waals surface area contributed by atoms with Crippen LogP contribution < -0.4 is 9.47 Å². The van der Waals surface area contributed by atoms with Gasteiger partial charge in [-0.2, -0.15) is 8.78 Å². The van der Waals surface area contributed by atoms with Crippen LogP contribution in [0.1, 0.15) is 58.3 Å². The Balaban J connectivity index is 1.49. The van der Waals surface area contributed by atoms with Crippen LogP contribution in [0.5, 0.6) is 11.5 Å². The summed E-state index contributed by atoms with van der Waals surface area (Å²) >= 11 is 5.78. The fraction of sp³-hybridized carbons (Fsp3) is 0.652. The number of hydrogen-bond donors (Lipinski definition) is 0. The van der Waals surface area contributed by atoms with Gasteiger partial charge >= 0.3 is 6.61 Å². The molecule has 0 aliphatic heterocycles. The predicted octanol–water partition coefficient (Wildman–Crippen LogP) is 7.65. The number of rotatable bonds is 7. The Hall–Kier alpha value is -1.36. The smallest absolute Gasteiger partial charge is 0.387 e. The molecule has 6 heteroatoms. The lowest BCUT2D eigenvalue weighted by molar-refractivity contribution is -0.0520. The Morgan fingerprint density at radius 3 is 2.24 bits per heavy atom. The summed E-state index contributed by atoms with van der Waals surface area (Å²) in [7, 11) is 0. The van der Waals surface area contributed by atoms with E-state index in [1.165, 1.54) is 37.8 Å². The van der Waals surface area contributed by atoms with Crippen LogP contribution >= 0.6 is 11.6 Å². The predicted molar refractivity (Wildman–Crippen MR) is 109 cm³/mol. The highest BCUT2D eigenvalue weighted by atomic mass is 35.5. The first-order valence-corrected chi connectivity index (χ1v) is 11.0. The Kier molecular flexibility index (Phi) is 8.16. The van der Waals surface area contributed by atoms with Crippen LogP contribution in [0, 0.1) is 29.5 Å².